The molecule has 0 bridgehead atoms. The zero-order chi connectivity index (χ0) is 16.1. The van der Waals surface area contributed by atoms with Crippen LogP contribution in [0.1, 0.15) is 36.1 Å². The van der Waals surface area contributed by atoms with Gasteiger partial charge in [0.25, 0.3) is 0 Å². The van der Waals surface area contributed by atoms with Crippen LogP contribution in [-0.4, -0.2) is 27.9 Å². The van der Waals surface area contributed by atoms with Crippen LogP contribution < -0.4 is 0 Å². The summed E-state index contributed by atoms with van der Waals surface area (Å²) in [6, 6.07) is 7.92. The van der Waals surface area contributed by atoms with Crippen molar-refractivity contribution in [3.8, 4) is 0 Å². The van der Waals surface area contributed by atoms with Crippen molar-refractivity contribution in [1.82, 2.24) is 14.8 Å². The number of carbonyl (C=O) groups excluding carboxylic acids is 1. The summed E-state index contributed by atoms with van der Waals surface area (Å²) in [5.41, 5.74) is 3.30. The van der Waals surface area contributed by atoms with Crippen LogP contribution in [0.3, 0.4) is 0 Å². The summed E-state index contributed by atoms with van der Waals surface area (Å²) in [5.74, 6) is -0.0258. The number of amides is 1. The quantitative estimate of drug-likeness (QED) is 0.771. The van der Waals surface area contributed by atoms with E-state index in [1.807, 2.05) is 51.4 Å². The standard InChI is InChI=1S/C17H23N3O2/c1-13-7-5-6-8-16(13)14(2)20(22-4)17(21)10-9-15-11-18-19(3)12-15/h5-8,11-12,14H,9-10H2,1-4H3. The number of aryl methyl sites for hydroxylation is 3. The molecule has 1 heterocycles. The summed E-state index contributed by atoms with van der Waals surface area (Å²) in [7, 11) is 3.41. The van der Waals surface area contributed by atoms with Gasteiger partial charge in [-0.1, -0.05) is 24.3 Å². The summed E-state index contributed by atoms with van der Waals surface area (Å²) < 4.78 is 1.74. The van der Waals surface area contributed by atoms with Crippen LogP contribution >= 0.6 is 0 Å². The van der Waals surface area contributed by atoms with E-state index in [2.05, 4.69) is 5.10 Å². The molecule has 1 atom stereocenters. The molecule has 1 aromatic heterocycles. The Labute approximate surface area is 131 Å². The molecular weight excluding hydrogens is 278 g/mol. The van der Waals surface area contributed by atoms with Gasteiger partial charge in [0.05, 0.1) is 19.3 Å². The fourth-order valence-corrected chi connectivity index (χ4v) is 2.62. The summed E-state index contributed by atoms with van der Waals surface area (Å²) in [4.78, 5) is 17.8. The number of rotatable bonds is 6. The van der Waals surface area contributed by atoms with Crippen LogP contribution in [0, 0.1) is 6.92 Å². The zero-order valence-electron chi connectivity index (χ0n) is 13.6. The molecule has 1 aromatic carbocycles. The predicted molar refractivity (Wildman–Crippen MR) is 85.0 cm³/mol. The highest BCUT2D eigenvalue weighted by Gasteiger charge is 2.22. The number of nitrogens with zero attached hydrogens (tertiary/aromatic N) is 3. The first-order chi connectivity index (χ1) is 10.5. The van der Waals surface area contributed by atoms with E-state index in [0.29, 0.717) is 12.8 Å². The van der Waals surface area contributed by atoms with Crippen LogP contribution in [0.5, 0.6) is 0 Å². The maximum atomic E-state index is 12.5. The fraction of sp³-hybridized carbons (Fsp3) is 0.412. The minimum absolute atomic E-state index is 0.0258. The number of hydroxylamine groups is 2. The van der Waals surface area contributed by atoms with Gasteiger partial charge in [-0.05, 0) is 37.0 Å². The SMILES string of the molecule is CON(C(=O)CCc1cnn(C)c1)C(C)c1ccccc1C. The molecule has 118 valence electrons. The molecular formula is C17H23N3O2. The lowest BCUT2D eigenvalue weighted by Crippen LogP contribution is -2.33. The average molecular weight is 301 g/mol. The Morgan fingerprint density at radius 3 is 2.73 bits per heavy atom. The number of aromatic nitrogens is 2. The molecule has 0 radical (unpaired) electrons. The Bertz CT molecular complexity index is 636. The van der Waals surface area contributed by atoms with Crippen molar-refractivity contribution in [2.24, 2.45) is 7.05 Å². The molecule has 0 saturated carbocycles. The fourth-order valence-electron chi connectivity index (χ4n) is 2.62. The minimum atomic E-state index is -0.118. The third-order valence-corrected chi connectivity index (χ3v) is 3.82. The number of benzene rings is 1. The number of hydrogen-bond acceptors (Lipinski definition) is 3. The zero-order valence-corrected chi connectivity index (χ0v) is 13.6. The van der Waals surface area contributed by atoms with Crippen LogP contribution in [-0.2, 0) is 23.1 Å². The van der Waals surface area contributed by atoms with Gasteiger partial charge in [0.15, 0.2) is 0 Å². The highest BCUT2D eigenvalue weighted by molar-refractivity contribution is 5.76. The summed E-state index contributed by atoms with van der Waals surface area (Å²) >= 11 is 0. The average Bonchev–Trinajstić information content (AvgIpc) is 2.92. The molecule has 5 heteroatoms. The Morgan fingerprint density at radius 1 is 1.41 bits per heavy atom. The Hall–Kier alpha value is -2.14. The van der Waals surface area contributed by atoms with E-state index in [0.717, 1.165) is 16.7 Å². The third-order valence-electron chi connectivity index (χ3n) is 3.82. The smallest absolute Gasteiger partial charge is 0.247 e. The maximum absolute atomic E-state index is 12.5. The van der Waals surface area contributed by atoms with Crippen molar-refractivity contribution in [3.05, 3.63) is 53.3 Å². The van der Waals surface area contributed by atoms with Crippen molar-refractivity contribution in [2.75, 3.05) is 7.11 Å². The summed E-state index contributed by atoms with van der Waals surface area (Å²) in [6.07, 6.45) is 4.77. The van der Waals surface area contributed by atoms with E-state index >= 15 is 0 Å². The van der Waals surface area contributed by atoms with Gasteiger partial charge < -0.3 is 0 Å². The maximum Gasteiger partial charge on any atom is 0.247 e. The van der Waals surface area contributed by atoms with Crippen molar-refractivity contribution in [2.45, 2.75) is 32.7 Å². The van der Waals surface area contributed by atoms with Gasteiger partial charge in [-0.15, -0.1) is 0 Å². The first kappa shape index (κ1) is 16.2. The predicted octanol–water partition coefficient (Wildman–Crippen LogP) is 2.81. The molecule has 0 N–H and O–H groups in total. The third kappa shape index (κ3) is 3.74. The van der Waals surface area contributed by atoms with Crippen LogP contribution in [0.15, 0.2) is 36.7 Å². The molecule has 0 aliphatic heterocycles. The summed E-state index contributed by atoms with van der Waals surface area (Å²) in [5, 5.41) is 5.57. The van der Waals surface area contributed by atoms with E-state index in [9.17, 15) is 4.79 Å². The second-order valence-electron chi connectivity index (χ2n) is 5.46. The van der Waals surface area contributed by atoms with Gasteiger partial charge in [-0.25, -0.2) is 5.06 Å². The van der Waals surface area contributed by atoms with E-state index in [1.54, 1.807) is 10.9 Å². The van der Waals surface area contributed by atoms with E-state index < -0.39 is 0 Å². The van der Waals surface area contributed by atoms with E-state index in [4.69, 9.17) is 4.84 Å². The van der Waals surface area contributed by atoms with Gasteiger partial charge in [0, 0.05) is 19.7 Å². The lowest BCUT2D eigenvalue weighted by Gasteiger charge is -2.28. The molecule has 2 rings (SSSR count). The lowest BCUT2D eigenvalue weighted by molar-refractivity contribution is -0.187. The molecule has 0 aliphatic rings. The topological polar surface area (TPSA) is 47.4 Å². The molecule has 2 aromatic rings. The second kappa shape index (κ2) is 7.22. The minimum Gasteiger partial charge on any atom is -0.276 e. The normalized spacial score (nSPS) is 12.2. The molecule has 0 spiro atoms. The molecule has 0 fully saturated rings. The molecule has 22 heavy (non-hydrogen) atoms. The van der Waals surface area contributed by atoms with Crippen molar-refractivity contribution >= 4 is 5.91 Å². The highest BCUT2D eigenvalue weighted by Crippen LogP contribution is 2.24. The van der Waals surface area contributed by atoms with E-state index in [-0.39, 0.29) is 11.9 Å². The van der Waals surface area contributed by atoms with Crippen LogP contribution in [0.4, 0.5) is 0 Å². The van der Waals surface area contributed by atoms with Crippen molar-refractivity contribution in [3.63, 3.8) is 0 Å². The Kier molecular flexibility index (Phi) is 5.33. The Morgan fingerprint density at radius 2 is 2.14 bits per heavy atom. The molecule has 1 amide bonds. The molecule has 1 unspecified atom stereocenters. The van der Waals surface area contributed by atoms with Crippen LogP contribution in [0.25, 0.3) is 0 Å². The van der Waals surface area contributed by atoms with E-state index in [1.165, 1.54) is 12.2 Å². The van der Waals surface area contributed by atoms with Gasteiger partial charge in [0.2, 0.25) is 5.91 Å². The lowest BCUT2D eigenvalue weighted by atomic mass is 10.0. The molecule has 0 saturated heterocycles. The second-order valence-corrected chi connectivity index (χ2v) is 5.46. The first-order valence-corrected chi connectivity index (χ1v) is 7.42. The highest BCUT2D eigenvalue weighted by atomic mass is 16.7. The van der Waals surface area contributed by atoms with Crippen molar-refractivity contribution in [1.29, 1.82) is 0 Å². The van der Waals surface area contributed by atoms with Gasteiger partial charge in [0.1, 0.15) is 0 Å². The Balaban J connectivity index is 2.03. The number of hydrogen-bond donors (Lipinski definition) is 0. The number of carbonyl (C=O) groups is 1. The van der Waals surface area contributed by atoms with Crippen LogP contribution in [0.2, 0.25) is 0 Å². The largest absolute Gasteiger partial charge is 0.276 e. The summed E-state index contributed by atoms with van der Waals surface area (Å²) in [6.45, 7) is 4.02. The molecule has 0 aliphatic carbocycles. The van der Waals surface area contributed by atoms with Gasteiger partial charge in [-0.3, -0.25) is 14.3 Å². The molecule has 5 nitrogen and oxygen atoms in total. The van der Waals surface area contributed by atoms with Gasteiger partial charge >= 0.3 is 0 Å². The first-order valence-electron chi connectivity index (χ1n) is 7.42. The van der Waals surface area contributed by atoms with Crippen molar-refractivity contribution < 1.29 is 9.63 Å². The van der Waals surface area contributed by atoms with Gasteiger partial charge in [-0.2, -0.15) is 5.10 Å². The monoisotopic (exact) mass is 301 g/mol.